The minimum Gasteiger partial charge on any atom is -0.325 e. The highest BCUT2D eigenvalue weighted by molar-refractivity contribution is 6.19. The standard InChI is InChI=1S/C24H28N4O3/c1-17-8-9-18(2)21(14-17)25-22(29)15-26-12-10-19(11-13-26)27-16-23(30)28(24(27)31)20-6-4-3-5-7-20/h3-9,14,19H,10-13,15-16H2,1-2H3,(H,25,29). The van der Waals surface area contributed by atoms with Gasteiger partial charge in [0, 0.05) is 24.8 Å². The number of carbonyl (C=O) groups excluding carboxylic acids is 3. The lowest BCUT2D eigenvalue weighted by atomic mass is 10.0. The number of nitrogens with one attached hydrogen (secondary N) is 1. The van der Waals surface area contributed by atoms with Gasteiger partial charge in [-0.3, -0.25) is 14.5 Å². The molecule has 0 aromatic heterocycles. The molecule has 0 atom stereocenters. The van der Waals surface area contributed by atoms with Crippen molar-refractivity contribution in [1.82, 2.24) is 9.80 Å². The van der Waals surface area contributed by atoms with E-state index in [9.17, 15) is 14.4 Å². The molecule has 7 nitrogen and oxygen atoms in total. The summed E-state index contributed by atoms with van der Waals surface area (Å²) in [6.45, 7) is 5.85. The lowest BCUT2D eigenvalue weighted by molar-refractivity contribution is -0.117. The van der Waals surface area contributed by atoms with Gasteiger partial charge in [0.15, 0.2) is 0 Å². The minimum absolute atomic E-state index is 0.0171. The predicted molar refractivity (Wildman–Crippen MR) is 120 cm³/mol. The zero-order chi connectivity index (χ0) is 22.0. The minimum atomic E-state index is -0.248. The van der Waals surface area contributed by atoms with Crippen molar-refractivity contribution < 1.29 is 14.4 Å². The van der Waals surface area contributed by atoms with Crippen LogP contribution in [0, 0.1) is 13.8 Å². The second-order valence-corrected chi connectivity index (χ2v) is 8.35. The van der Waals surface area contributed by atoms with Gasteiger partial charge in [-0.25, -0.2) is 9.69 Å². The van der Waals surface area contributed by atoms with Crippen molar-refractivity contribution in [2.24, 2.45) is 0 Å². The first-order chi connectivity index (χ1) is 14.9. The molecule has 4 rings (SSSR count). The van der Waals surface area contributed by atoms with E-state index in [0.29, 0.717) is 25.3 Å². The maximum absolute atomic E-state index is 12.9. The highest BCUT2D eigenvalue weighted by Gasteiger charge is 2.41. The number of nitrogens with zero attached hydrogens (tertiary/aromatic N) is 3. The number of amides is 4. The molecule has 0 radical (unpaired) electrons. The molecule has 2 aromatic carbocycles. The number of anilines is 2. The van der Waals surface area contributed by atoms with Crippen LogP contribution in [0.3, 0.4) is 0 Å². The summed E-state index contributed by atoms with van der Waals surface area (Å²) in [4.78, 5) is 42.9. The lowest BCUT2D eigenvalue weighted by Crippen LogP contribution is -2.48. The highest BCUT2D eigenvalue weighted by atomic mass is 16.2. The van der Waals surface area contributed by atoms with Crippen molar-refractivity contribution in [2.45, 2.75) is 32.7 Å². The molecular formula is C24H28N4O3. The third kappa shape index (κ3) is 4.61. The second kappa shape index (κ2) is 8.89. The van der Waals surface area contributed by atoms with E-state index in [-0.39, 0.29) is 30.4 Å². The van der Waals surface area contributed by atoms with Crippen molar-refractivity contribution in [3.8, 4) is 0 Å². The van der Waals surface area contributed by atoms with Gasteiger partial charge < -0.3 is 10.2 Å². The fraction of sp³-hybridized carbons (Fsp3) is 0.375. The van der Waals surface area contributed by atoms with Crippen molar-refractivity contribution in [1.29, 1.82) is 0 Å². The number of hydrogen-bond donors (Lipinski definition) is 1. The summed E-state index contributed by atoms with van der Waals surface area (Å²) in [6, 6.07) is 14.8. The van der Waals surface area contributed by atoms with Crippen molar-refractivity contribution >= 4 is 29.2 Å². The molecule has 1 N–H and O–H groups in total. The monoisotopic (exact) mass is 420 g/mol. The Morgan fingerprint density at radius 1 is 1.03 bits per heavy atom. The highest BCUT2D eigenvalue weighted by Crippen LogP contribution is 2.26. The molecule has 2 fully saturated rings. The Kier molecular flexibility index (Phi) is 6.04. The summed E-state index contributed by atoms with van der Waals surface area (Å²) in [5, 5.41) is 3.01. The lowest BCUT2D eigenvalue weighted by Gasteiger charge is -2.35. The molecule has 0 spiro atoms. The van der Waals surface area contributed by atoms with Crippen LogP contribution in [0.4, 0.5) is 16.2 Å². The number of likely N-dealkylation sites (tertiary alicyclic amines) is 1. The molecule has 7 heteroatoms. The number of carbonyl (C=O) groups is 3. The van der Waals surface area contributed by atoms with E-state index in [1.807, 2.05) is 50.2 Å². The van der Waals surface area contributed by atoms with Crippen LogP contribution in [0.5, 0.6) is 0 Å². The van der Waals surface area contributed by atoms with Crippen LogP contribution in [0.2, 0.25) is 0 Å². The van der Waals surface area contributed by atoms with Crippen LogP contribution in [-0.2, 0) is 9.59 Å². The van der Waals surface area contributed by atoms with Gasteiger partial charge in [0.05, 0.1) is 12.2 Å². The molecule has 2 aromatic rings. The van der Waals surface area contributed by atoms with Gasteiger partial charge in [-0.2, -0.15) is 0 Å². The Balaban J connectivity index is 1.31. The summed E-state index contributed by atoms with van der Waals surface area (Å²) in [7, 11) is 0. The Labute approximate surface area is 182 Å². The zero-order valence-corrected chi connectivity index (χ0v) is 18.0. The van der Waals surface area contributed by atoms with E-state index in [2.05, 4.69) is 10.2 Å². The number of imide groups is 1. The Hall–Kier alpha value is -3.19. The van der Waals surface area contributed by atoms with Gasteiger partial charge in [0.2, 0.25) is 5.91 Å². The molecule has 4 amide bonds. The van der Waals surface area contributed by atoms with Gasteiger partial charge in [-0.1, -0.05) is 30.3 Å². The third-order valence-electron chi connectivity index (χ3n) is 6.04. The average molecular weight is 421 g/mol. The molecule has 2 aliphatic heterocycles. The largest absolute Gasteiger partial charge is 0.332 e. The van der Waals surface area contributed by atoms with E-state index in [1.165, 1.54) is 4.90 Å². The summed E-state index contributed by atoms with van der Waals surface area (Å²) in [5.74, 6) is -0.221. The topological polar surface area (TPSA) is 73.0 Å². The molecule has 2 aliphatic rings. The van der Waals surface area contributed by atoms with Crippen LogP contribution in [0.1, 0.15) is 24.0 Å². The van der Waals surface area contributed by atoms with Gasteiger partial charge >= 0.3 is 6.03 Å². The Bertz CT molecular complexity index is 984. The molecule has 2 saturated heterocycles. The van der Waals surface area contributed by atoms with Crippen molar-refractivity contribution in [3.05, 3.63) is 59.7 Å². The molecule has 31 heavy (non-hydrogen) atoms. The van der Waals surface area contributed by atoms with E-state index in [4.69, 9.17) is 0 Å². The molecule has 0 bridgehead atoms. The number of hydrogen-bond acceptors (Lipinski definition) is 4. The molecular weight excluding hydrogens is 392 g/mol. The summed E-state index contributed by atoms with van der Waals surface area (Å²) in [6.07, 6.45) is 1.50. The molecule has 162 valence electrons. The smallest absolute Gasteiger partial charge is 0.325 e. The number of para-hydroxylation sites is 1. The van der Waals surface area contributed by atoms with Gasteiger partial charge in [-0.15, -0.1) is 0 Å². The first-order valence-corrected chi connectivity index (χ1v) is 10.7. The van der Waals surface area contributed by atoms with Crippen LogP contribution >= 0.6 is 0 Å². The molecule has 0 saturated carbocycles. The number of urea groups is 1. The van der Waals surface area contributed by atoms with Crippen LogP contribution < -0.4 is 10.2 Å². The molecule has 0 unspecified atom stereocenters. The first kappa shape index (κ1) is 21.1. The normalized spacial score (nSPS) is 18.0. The van der Waals surface area contributed by atoms with E-state index in [0.717, 1.165) is 29.7 Å². The third-order valence-corrected chi connectivity index (χ3v) is 6.04. The maximum Gasteiger partial charge on any atom is 0.332 e. The van der Waals surface area contributed by atoms with Crippen molar-refractivity contribution in [3.63, 3.8) is 0 Å². The van der Waals surface area contributed by atoms with Gasteiger partial charge in [0.1, 0.15) is 6.54 Å². The molecule has 0 aliphatic carbocycles. The van der Waals surface area contributed by atoms with Crippen LogP contribution in [0.25, 0.3) is 0 Å². The fourth-order valence-corrected chi connectivity index (χ4v) is 4.29. The van der Waals surface area contributed by atoms with Crippen LogP contribution in [-0.4, -0.2) is 59.9 Å². The van der Waals surface area contributed by atoms with Crippen LogP contribution in [0.15, 0.2) is 48.5 Å². The second-order valence-electron chi connectivity index (χ2n) is 8.35. The number of aryl methyl sites for hydroxylation is 2. The molecule has 2 heterocycles. The van der Waals surface area contributed by atoms with E-state index >= 15 is 0 Å². The van der Waals surface area contributed by atoms with Gasteiger partial charge in [-0.05, 0) is 56.0 Å². The average Bonchev–Trinajstić information content (AvgIpc) is 3.06. The summed E-state index contributed by atoms with van der Waals surface area (Å²) >= 11 is 0. The maximum atomic E-state index is 12.9. The number of benzene rings is 2. The summed E-state index contributed by atoms with van der Waals surface area (Å²) < 4.78 is 0. The number of rotatable bonds is 5. The fourth-order valence-electron chi connectivity index (χ4n) is 4.29. The van der Waals surface area contributed by atoms with E-state index in [1.54, 1.807) is 17.0 Å². The SMILES string of the molecule is Cc1ccc(C)c(NC(=O)CN2CCC(N3CC(=O)N(c4ccccc4)C3=O)CC2)c1. The number of piperidine rings is 1. The van der Waals surface area contributed by atoms with Gasteiger partial charge in [0.25, 0.3) is 5.91 Å². The first-order valence-electron chi connectivity index (χ1n) is 10.7. The summed E-state index contributed by atoms with van der Waals surface area (Å²) in [5.41, 5.74) is 3.61. The Morgan fingerprint density at radius 2 is 1.74 bits per heavy atom. The predicted octanol–water partition coefficient (Wildman–Crippen LogP) is 3.18. The van der Waals surface area contributed by atoms with E-state index < -0.39 is 0 Å². The van der Waals surface area contributed by atoms with Crippen molar-refractivity contribution in [2.75, 3.05) is 36.4 Å². The quantitative estimate of drug-likeness (QED) is 0.754. The zero-order valence-electron chi connectivity index (χ0n) is 18.0. The Morgan fingerprint density at radius 3 is 2.45 bits per heavy atom.